The molecule has 0 heterocycles. The standard InChI is InChI=1S/C44H88NO3.BrH/c1-6-8-10-12-14-16-18-20-22-24-26-28-30-32-34-36-41-47-43(3)44(45(4,5)39-38-40-46)48-42-37-35-33-31-29-27-25-23-21-19-17-15-13-11-9-7-2;/h20-23,43-44,46H,6-19,24-42H2,1-5H3;1H/q+1;/p-1/b22-20-,23-21-;. The highest BCUT2D eigenvalue weighted by molar-refractivity contribution is 4.82. The van der Waals surface area contributed by atoms with Gasteiger partial charge in [0.15, 0.2) is 0 Å². The van der Waals surface area contributed by atoms with Crippen LogP contribution in [0.3, 0.4) is 0 Å². The fraction of sp³-hybridized carbons (Fsp3) is 0.909. The summed E-state index contributed by atoms with van der Waals surface area (Å²) >= 11 is 0. The second kappa shape index (κ2) is 40.6. The maximum absolute atomic E-state index is 9.46. The SMILES string of the molecule is CCCCCCCC/C=C\CCCCCCCCOC(C)C(OCCCCCCCC/C=C\CCCCCCCC)[N+](C)(C)CCCO.[Br-]. The van der Waals surface area contributed by atoms with Gasteiger partial charge in [-0.25, -0.2) is 0 Å². The Morgan fingerprint density at radius 1 is 0.469 bits per heavy atom. The molecule has 0 amide bonds. The maximum atomic E-state index is 9.46. The second-order valence-electron chi connectivity index (χ2n) is 15.3. The van der Waals surface area contributed by atoms with Gasteiger partial charge in [-0.2, -0.15) is 0 Å². The number of unbranched alkanes of at least 4 members (excludes halogenated alkanes) is 24. The van der Waals surface area contributed by atoms with Crippen LogP contribution in [0.25, 0.3) is 0 Å². The first-order valence-electron chi connectivity index (χ1n) is 21.5. The molecule has 2 atom stereocenters. The van der Waals surface area contributed by atoms with Crippen molar-refractivity contribution in [3.05, 3.63) is 24.3 Å². The summed E-state index contributed by atoms with van der Waals surface area (Å²) in [5.41, 5.74) is 0. The maximum Gasteiger partial charge on any atom is 0.219 e. The van der Waals surface area contributed by atoms with Crippen LogP contribution in [-0.4, -0.2) is 62.4 Å². The van der Waals surface area contributed by atoms with E-state index >= 15 is 0 Å². The van der Waals surface area contributed by atoms with E-state index in [9.17, 15) is 5.11 Å². The summed E-state index contributed by atoms with van der Waals surface area (Å²) in [6, 6.07) is 0. The fourth-order valence-corrected chi connectivity index (χ4v) is 6.77. The Hall–Kier alpha value is -0.200. The summed E-state index contributed by atoms with van der Waals surface area (Å²) in [5.74, 6) is 0. The molecule has 49 heavy (non-hydrogen) atoms. The van der Waals surface area contributed by atoms with Crippen molar-refractivity contribution in [2.24, 2.45) is 0 Å². The third-order valence-corrected chi connectivity index (χ3v) is 9.96. The van der Waals surface area contributed by atoms with Gasteiger partial charge in [-0.1, -0.05) is 154 Å². The van der Waals surface area contributed by atoms with Crippen LogP contribution in [0.5, 0.6) is 0 Å². The van der Waals surface area contributed by atoms with Gasteiger partial charge in [0.05, 0.1) is 27.2 Å². The first kappa shape index (κ1) is 50.9. The Kier molecular flexibility index (Phi) is 42.1. The van der Waals surface area contributed by atoms with Gasteiger partial charge in [-0.05, 0) is 71.1 Å². The van der Waals surface area contributed by atoms with Gasteiger partial charge in [-0.15, -0.1) is 0 Å². The first-order valence-corrected chi connectivity index (χ1v) is 21.5. The van der Waals surface area contributed by atoms with Crippen LogP contribution >= 0.6 is 0 Å². The van der Waals surface area contributed by atoms with E-state index < -0.39 is 0 Å². The third kappa shape index (κ3) is 36.0. The third-order valence-electron chi connectivity index (χ3n) is 9.96. The normalized spacial score (nSPS) is 13.4. The minimum atomic E-state index is 0. The zero-order valence-corrected chi connectivity index (χ0v) is 35.5. The topological polar surface area (TPSA) is 38.7 Å². The summed E-state index contributed by atoms with van der Waals surface area (Å²) in [5, 5.41) is 9.46. The summed E-state index contributed by atoms with van der Waals surface area (Å²) in [6.45, 7) is 9.50. The van der Waals surface area contributed by atoms with Crippen LogP contribution in [0.2, 0.25) is 0 Å². The molecule has 0 radical (unpaired) electrons. The quantitative estimate of drug-likeness (QED) is 0.0294. The molecule has 0 aliphatic heterocycles. The van der Waals surface area contributed by atoms with Gasteiger partial charge in [0.2, 0.25) is 6.23 Å². The number of allylic oxidation sites excluding steroid dienone is 4. The molecule has 0 fully saturated rings. The molecule has 0 aliphatic carbocycles. The lowest BCUT2D eigenvalue weighted by molar-refractivity contribution is -0.941. The summed E-state index contributed by atoms with van der Waals surface area (Å²) < 4.78 is 13.6. The monoisotopic (exact) mass is 758 g/mol. The van der Waals surface area contributed by atoms with E-state index in [1.54, 1.807) is 0 Å². The molecule has 0 aromatic carbocycles. The molecule has 0 aromatic heterocycles. The summed E-state index contributed by atoms with van der Waals surface area (Å²) in [7, 11) is 4.46. The van der Waals surface area contributed by atoms with E-state index in [0.717, 1.165) is 43.5 Å². The van der Waals surface area contributed by atoms with Gasteiger partial charge in [-0.3, -0.25) is 0 Å². The molecule has 2 unspecified atom stereocenters. The van der Waals surface area contributed by atoms with Gasteiger partial charge < -0.3 is 36.0 Å². The van der Waals surface area contributed by atoms with Crippen LogP contribution in [0.4, 0.5) is 0 Å². The number of likely N-dealkylation sites (N-methyl/N-ethyl adjacent to an activating group) is 1. The van der Waals surface area contributed by atoms with E-state index in [4.69, 9.17) is 9.47 Å². The van der Waals surface area contributed by atoms with E-state index in [1.807, 2.05) is 0 Å². The largest absolute Gasteiger partial charge is 1.00 e. The Bertz CT molecular complexity index is 683. The minimum absolute atomic E-state index is 0. The van der Waals surface area contributed by atoms with Gasteiger partial charge >= 0.3 is 0 Å². The van der Waals surface area contributed by atoms with Crippen molar-refractivity contribution in [1.29, 1.82) is 0 Å². The number of rotatable bonds is 39. The average Bonchev–Trinajstić information content (AvgIpc) is 3.08. The number of ether oxygens (including phenoxy) is 2. The summed E-state index contributed by atoms with van der Waals surface area (Å²) in [6.07, 6.45) is 47.6. The highest BCUT2D eigenvalue weighted by Crippen LogP contribution is 2.19. The number of nitrogens with zero attached hydrogens (tertiary/aromatic N) is 1. The number of hydrogen-bond acceptors (Lipinski definition) is 3. The highest BCUT2D eigenvalue weighted by atomic mass is 79.9. The van der Waals surface area contributed by atoms with Crippen molar-refractivity contribution < 1.29 is 36.0 Å². The second-order valence-corrected chi connectivity index (χ2v) is 15.3. The smallest absolute Gasteiger partial charge is 0.219 e. The first-order chi connectivity index (χ1) is 23.5. The van der Waals surface area contributed by atoms with Crippen LogP contribution in [-0.2, 0) is 9.47 Å². The Labute approximate surface area is 319 Å². The molecule has 0 bridgehead atoms. The van der Waals surface area contributed by atoms with Crippen molar-refractivity contribution in [2.75, 3.05) is 40.5 Å². The summed E-state index contributed by atoms with van der Waals surface area (Å²) in [4.78, 5) is 0. The van der Waals surface area contributed by atoms with Crippen LogP contribution < -0.4 is 17.0 Å². The number of hydrogen-bond donors (Lipinski definition) is 1. The molecule has 0 saturated carbocycles. The minimum Gasteiger partial charge on any atom is -1.00 e. The van der Waals surface area contributed by atoms with Gasteiger partial charge in [0, 0.05) is 19.6 Å². The Balaban J connectivity index is 0. The number of quaternary nitrogens is 1. The predicted octanol–water partition coefficient (Wildman–Crippen LogP) is 10.3. The van der Waals surface area contributed by atoms with Crippen LogP contribution in [0.1, 0.15) is 207 Å². The molecule has 4 nitrogen and oxygen atoms in total. The Morgan fingerprint density at radius 3 is 1.16 bits per heavy atom. The molecule has 294 valence electrons. The predicted molar refractivity (Wildman–Crippen MR) is 213 cm³/mol. The number of aliphatic hydroxyl groups is 1. The average molecular weight is 759 g/mol. The lowest BCUT2D eigenvalue weighted by Gasteiger charge is -2.40. The van der Waals surface area contributed by atoms with Gasteiger partial charge in [0.25, 0.3) is 0 Å². The van der Waals surface area contributed by atoms with E-state index in [0.29, 0.717) is 0 Å². The van der Waals surface area contributed by atoms with Crippen molar-refractivity contribution in [3.8, 4) is 0 Å². The molecule has 0 aromatic rings. The molecule has 0 rings (SSSR count). The van der Waals surface area contributed by atoms with Crippen LogP contribution in [0, 0.1) is 0 Å². The number of halogens is 1. The van der Waals surface area contributed by atoms with Crippen LogP contribution in [0.15, 0.2) is 24.3 Å². The zero-order valence-electron chi connectivity index (χ0n) is 33.9. The fourth-order valence-electron chi connectivity index (χ4n) is 6.77. The molecule has 1 N–H and O–H groups in total. The molecular weight excluding hydrogens is 670 g/mol. The molecular formula is C44H88BrNO3. The lowest BCUT2D eigenvalue weighted by atomic mass is 10.1. The van der Waals surface area contributed by atoms with E-state index in [1.165, 1.54) is 167 Å². The van der Waals surface area contributed by atoms with E-state index in [2.05, 4.69) is 59.2 Å². The van der Waals surface area contributed by atoms with Gasteiger partial charge in [0.1, 0.15) is 6.10 Å². The molecule has 0 aliphatic rings. The van der Waals surface area contributed by atoms with Crippen molar-refractivity contribution >= 4 is 0 Å². The molecule has 0 saturated heterocycles. The highest BCUT2D eigenvalue weighted by Gasteiger charge is 2.34. The van der Waals surface area contributed by atoms with E-state index in [-0.39, 0.29) is 35.9 Å². The molecule has 5 heteroatoms. The molecule has 0 spiro atoms. The van der Waals surface area contributed by atoms with Crippen molar-refractivity contribution in [3.63, 3.8) is 0 Å². The van der Waals surface area contributed by atoms with Crippen molar-refractivity contribution in [1.82, 2.24) is 0 Å². The number of aliphatic hydroxyl groups excluding tert-OH is 1. The van der Waals surface area contributed by atoms with Crippen molar-refractivity contribution in [2.45, 2.75) is 219 Å². The Morgan fingerprint density at radius 2 is 0.796 bits per heavy atom. The zero-order chi connectivity index (χ0) is 35.2. The lowest BCUT2D eigenvalue weighted by Crippen LogP contribution is -3.00.